The van der Waals surface area contributed by atoms with Gasteiger partial charge in [0.1, 0.15) is 11.4 Å². The lowest BCUT2D eigenvalue weighted by Crippen LogP contribution is -2.42. The molecule has 0 unspecified atom stereocenters. The zero-order chi connectivity index (χ0) is 10.9. The van der Waals surface area contributed by atoms with Crippen molar-refractivity contribution in [1.82, 2.24) is 10.1 Å². The molecule has 0 N–H and O–H groups in total. The Hall–Kier alpha value is -0.900. The van der Waals surface area contributed by atoms with Crippen molar-refractivity contribution in [2.45, 2.75) is 38.9 Å². The zero-order valence-corrected chi connectivity index (χ0v) is 9.29. The molecule has 1 aromatic heterocycles. The van der Waals surface area contributed by atoms with Crippen LogP contribution in [0.3, 0.4) is 0 Å². The van der Waals surface area contributed by atoms with Crippen molar-refractivity contribution in [2.24, 2.45) is 0 Å². The van der Waals surface area contributed by atoms with E-state index >= 15 is 0 Å². The Balaban J connectivity index is 1.95. The van der Waals surface area contributed by atoms with Gasteiger partial charge in [0.25, 0.3) is 0 Å². The smallest absolute Gasteiger partial charge is 0.133 e. The van der Waals surface area contributed by atoms with E-state index in [0.29, 0.717) is 19.5 Å². The average Bonchev–Trinajstić information content (AvgIpc) is 2.49. The lowest BCUT2D eigenvalue weighted by molar-refractivity contribution is 0.0551. The number of alkyl halides is 1. The van der Waals surface area contributed by atoms with Gasteiger partial charge in [-0.05, 0) is 33.2 Å². The quantitative estimate of drug-likeness (QED) is 0.753. The third-order valence-electron chi connectivity index (χ3n) is 2.79. The molecule has 1 aliphatic rings. The molecule has 15 heavy (non-hydrogen) atoms. The SMILES string of the molecule is Cc1cc(CN2CCC[C@@](C)(F)C2)no1. The molecule has 1 atom stereocenters. The Morgan fingerprint density at radius 3 is 3.07 bits per heavy atom. The van der Waals surface area contributed by atoms with Crippen LogP contribution in [0.25, 0.3) is 0 Å². The van der Waals surface area contributed by atoms with Crippen molar-refractivity contribution in [2.75, 3.05) is 13.1 Å². The number of rotatable bonds is 2. The van der Waals surface area contributed by atoms with Crippen LogP contribution in [0.5, 0.6) is 0 Å². The number of aromatic nitrogens is 1. The van der Waals surface area contributed by atoms with E-state index in [9.17, 15) is 4.39 Å². The first-order chi connectivity index (χ1) is 7.05. The van der Waals surface area contributed by atoms with Gasteiger partial charge < -0.3 is 4.52 Å². The molecule has 1 fully saturated rings. The number of halogens is 1. The summed E-state index contributed by atoms with van der Waals surface area (Å²) in [7, 11) is 0. The van der Waals surface area contributed by atoms with Gasteiger partial charge >= 0.3 is 0 Å². The van der Waals surface area contributed by atoms with Crippen LogP contribution in [-0.2, 0) is 6.54 Å². The Morgan fingerprint density at radius 1 is 1.67 bits per heavy atom. The van der Waals surface area contributed by atoms with Crippen molar-refractivity contribution in [3.05, 3.63) is 17.5 Å². The first-order valence-corrected chi connectivity index (χ1v) is 5.39. The highest BCUT2D eigenvalue weighted by atomic mass is 19.1. The van der Waals surface area contributed by atoms with E-state index in [1.807, 2.05) is 13.0 Å². The summed E-state index contributed by atoms with van der Waals surface area (Å²) in [5.41, 5.74) is -0.151. The average molecular weight is 212 g/mol. The van der Waals surface area contributed by atoms with Gasteiger partial charge in [-0.2, -0.15) is 0 Å². The summed E-state index contributed by atoms with van der Waals surface area (Å²) in [6, 6.07) is 1.91. The van der Waals surface area contributed by atoms with E-state index in [2.05, 4.69) is 10.1 Å². The third kappa shape index (κ3) is 2.78. The molecular formula is C11H17FN2O. The van der Waals surface area contributed by atoms with Crippen molar-refractivity contribution in [1.29, 1.82) is 0 Å². The Morgan fingerprint density at radius 2 is 2.47 bits per heavy atom. The second-order valence-corrected chi connectivity index (χ2v) is 4.66. The van der Waals surface area contributed by atoms with Crippen LogP contribution >= 0.6 is 0 Å². The molecule has 0 saturated carbocycles. The van der Waals surface area contributed by atoms with Crippen LogP contribution in [0.1, 0.15) is 31.2 Å². The van der Waals surface area contributed by atoms with Gasteiger partial charge in [0, 0.05) is 19.2 Å². The van der Waals surface area contributed by atoms with E-state index in [1.165, 1.54) is 0 Å². The van der Waals surface area contributed by atoms with Crippen LogP contribution in [-0.4, -0.2) is 28.8 Å². The van der Waals surface area contributed by atoms with Crippen molar-refractivity contribution in [3.8, 4) is 0 Å². The summed E-state index contributed by atoms with van der Waals surface area (Å²) >= 11 is 0. The number of nitrogens with zero attached hydrogens (tertiary/aromatic N) is 2. The largest absolute Gasteiger partial charge is 0.361 e. The molecule has 0 aliphatic carbocycles. The Kier molecular flexibility index (Phi) is 2.78. The van der Waals surface area contributed by atoms with Crippen LogP contribution < -0.4 is 0 Å². The molecule has 4 heteroatoms. The molecule has 0 amide bonds. The predicted molar refractivity (Wildman–Crippen MR) is 55.3 cm³/mol. The van der Waals surface area contributed by atoms with Crippen LogP contribution in [0.15, 0.2) is 10.6 Å². The third-order valence-corrected chi connectivity index (χ3v) is 2.79. The van der Waals surface area contributed by atoms with Gasteiger partial charge in [-0.15, -0.1) is 0 Å². The normalized spacial score (nSPS) is 28.2. The molecule has 1 aliphatic heterocycles. The fourth-order valence-electron chi connectivity index (χ4n) is 2.15. The number of piperidine rings is 1. The number of hydrogen-bond acceptors (Lipinski definition) is 3. The summed E-state index contributed by atoms with van der Waals surface area (Å²) in [6.45, 7) is 5.68. The lowest BCUT2D eigenvalue weighted by atomic mass is 9.97. The first kappa shape index (κ1) is 10.6. The second-order valence-electron chi connectivity index (χ2n) is 4.66. The highest BCUT2D eigenvalue weighted by Gasteiger charge is 2.30. The second kappa shape index (κ2) is 3.93. The van der Waals surface area contributed by atoms with E-state index in [4.69, 9.17) is 4.52 Å². The fraction of sp³-hybridized carbons (Fsp3) is 0.727. The number of hydrogen-bond donors (Lipinski definition) is 0. The van der Waals surface area contributed by atoms with Gasteiger partial charge in [0.15, 0.2) is 0 Å². The summed E-state index contributed by atoms with van der Waals surface area (Å²) in [5, 5.41) is 3.92. The minimum atomic E-state index is -1.04. The fourth-order valence-corrected chi connectivity index (χ4v) is 2.15. The lowest BCUT2D eigenvalue weighted by Gasteiger charge is -2.34. The predicted octanol–water partition coefficient (Wildman–Crippen LogP) is 2.31. The number of aryl methyl sites for hydroxylation is 1. The van der Waals surface area contributed by atoms with E-state index < -0.39 is 5.67 Å². The molecule has 2 heterocycles. The van der Waals surface area contributed by atoms with Crippen molar-refractivity contribution < 1.29 is 8.91 Å². The van der Waals surface area contributed by atoms with Gasteiger partial charge in [0.05, 0.1) is 5.69 Å². The Bertz CT molecular complexity index is 335. The first-order valence-electron chi connectivity index (χ1n) is 5.39. The van der Waals surface area contributed by atoms with Crippen LogP contribution in [0.4, 0.5) is 4.39 Å². The molecule has 2 rings (SSSR count). The highest BCUT2D eigenvalue weighted by Crippen LogP contribution is 2.25. The van der Waals surface area contributed by atoms with Crippen molar-refractivity contribution in [3.63, 3.8) is 0 Å². The molecule has 84 valence electrons. The van der Waals surface area contributed by atoms with Crippen molar-refractivity contribution >= 4 is 0 Å². The summed E-state index contributed by atoms with van der Waals surface area (Å²) in [6.07, 6.45) is 1.59. The highest BCUT2D eigenvalue weighted by molar-refractivity contribution is 5.03. The minimum absolute atomic E-state index is 0.499. The maximum absolute atomic E-state index is 13.7. The molecular weight excluding hydrogens is 195 g/mol. The van der Waals surface area contributed by atoms with E-state index in [0.717, 1.165) is 24.4 Å². The van der Waals surface area contributed by atoms with Gasteiger partial charge in [-0.1, -0.05) is 5.16 Å². The van der Waals surface area contributed by atoms with Gasteiger partial charge in [-0.25, -0.2) is 4.39 Å². The van der Waals surface area contributed by atoms with E-state index in [1.54, 1.807) is 6.92 Å². The minimum Gasteiger partial charge on any atom is -0.361 e. The summed E-state index contributed by atoms with van der Waals surface area (Å²) < 4.78 is 18.7. The molecule has 0 radical (unpaired) electrons. The van der Waals surface area contributed by atoms with Crippen LogP contribution in [0.2, 0.25) is 0 Å². The zero-order valence-electron chi connectivity index (χ0n) is 9.29. The monoisotopic (exact) mass is 212 g/mol. The van der Waals surface area contributed by atoms with Gasteiger partial charge in [0.2, 0.25) is 0 Å². The summed E-state index contributed by atoms with van der Waals surface area (Å²) in [4.78, 5) is 2.10. The molecule has 0 aromatic carbocycles. The number of likely N-dealkylation sites (tertiary alicyclic amines) is 1. The molecule has 1 aromatic rings. The van der Waals surface area contributed by atoms with Gasteiger partial charge in [-0.3, -0.25) is 4.90 Å². The molecule has 3 nitrogen and oxygen atoms in total. The topological polar surface area (TPSA) is 29.3 Å². The molecule has 1 saturated heterocycles. The Labute approximate surface area is 89.2 Å². The maximum atomic E-state index is 13.7. The maximum Gasteiger partial charge on any atom is 0.133 e. The summed E-state index contributed by atoms with van der Waals surface area (Å²) in [5.74, 6) is 0.810. The van der Waals surface area contributed by atoms with E-state index in [-0.39, 0.29) is 0 Å². The van der Waals surface area contributed by atoms with Crippen LogP contribution in [0, 0.1) is 6.92 Å². The standard InChI is InChI=1S/C11H17FN2O/c1-9-6-10(13-15-9)7-14-5-3-4-11(2,12)8-14/h6H,3-5,7-8H2,1-2H3/t11-/m1/s1. The molecule has 0 spiro atoms. The molecule has 0 bridgehead atoms.